The molecule has 1 spiro atoms. The SMILES string of the molecule is [B]C([B])([B])N(CC1CCN(F)CC1)C1CC2(C1)CN(F)C2. The fourth-order valence-electron chi connectivity index (χ4n) is 4.09. The van der Waals surface area contributed by atoms with Gasteiger partial charge >= 0.3 is 0 Å². The van der Waals surface area contributed by atoms with Crippen LogP contribution in [0.5, 0.6) is 0 Å². The van der Waals surface area contributed by atoms with Crippen molar-refractivity contribution in [3.63, 3.8) is 0 Å². The van der Waals surface area contributed by atoms with Gasteiger partial charge in [0.05, 0.1) is 23.5 Å². The van der Waals surface area contributed by atoms with Gasteiger partial charge in [0.1, 0.15) is 0 Å². The van der Waals surface area contributed by atoms with Crippen molar-refractivity contribution in [3.05, 3.63) is 0 Å². The zero-order chi connectivity index (χ0) is 15.3. The molecule has 2 heterocycles. The first-order valence-corrected chi connectivity index (χ1v) is 7.72. The third kappa shape index (κ3) is 3.32. The number of rotatable bonds is 4. The molecule has 0 atom stereocenters. The summed E-state index contributed by atoms with van der Waals surface area (Å²) in [6.07, 6.45) is 3.36. The second-order valence-corrected chi connectivity index (χ2v) is 7.23. The van der Waals surface area contributed by atoms with Crippen molar-refractivity contribution < 1.29 is 8.96 Å². The van der Waals surface area contributed by atoms with Crippen LogP contribution in [0.3, 0.4) is 0 Å². The minimum atomic E-state index is -1.36. The van der Waals surface area contributed by atoms with E-state index in [9.17, 15) is 8.96 Å². The Morgan fingerprint density at radius 1 is 1.05 bits per heavy atom. The highest BCUT2D eigenvalue weighted by molar-refractivity contribution is 6.59. The van der Waals surface area contributed by atoms with Gasteiger partial charge in [0.2, 0.25) is 0 Å². The molecule has 8 heteroatoms. The van der Waals surface area contributed by atoms with Crippen molar-refractivity contribution in [1.82, 2.24) is 15.1 Å². The number of hydrogen-bond acceptors (Lipinski definition) is 3. The van der Waals surface area contributed by atoms with Crippen LogP contribution >= 0.6 is 0 Å². The smallest absolute Gasteiger partial charge is 0.0698 e. The van der Waals surface area contributed by atoms with E-state index in [-0.39, 0.29) is 11.5 Å². The zero-order valence-corrected chi connectivity index (χ0v) is 12.3. The van der Waals surface area contributed by atoms with Gasteiger partial charge in [-0.1, -0.05) is 5.24 Å². The summed E-state index contributed by atoms with van der Waals surface area (Å²) in [5.74, 6) is 0.364. The van der Waals surface area contributed by atoms with Crippen molar-refractivity contribution in [1.29, 1.82) is 0 Å². The van der Waals surface area contributed by atoms with E-state index in [1.807, 2.05) is 4.90 Å². The van der Waals surface area contributed by atoms with Gasteiger partial charge in [-0.05, 0) is 38.1 Å². The van der Waals surface area contributed by atoms with Gasteiger partial charge in [-0.15, -0.1) is 19.2 Å². The fourth-order valence-corrected chi connectivity index (χ4v) is 4.09. The van der Waals surface area contributed by atoms with E-state index in [0.29, 0.717) is 38.6 Å². The van der Waals surface area contributed by atoms with Crippen molar-refractivity contribution >= 4 is 23.5 Å². The molecule has 0 unspecified atom stereocenters. The van der Waals surface area contributed by atoms with E-state index in [4.69, 9.17) is 23.5 Å². The summed E-state index contributed by atoms with van der Waals surface area (Å²) in [7, 11) is 17.8. The second kappa shape index (κ2) is 5.53. The molecule has 3 aliphatic rings. The van der Waals surface area contributed by atoms with Crippen molar-refractivity contribution in [3.8, 4) is 0 Å². The Hall–Kier alpha value is -0.0652. The van der Waals surface area contributed by atoms with Crippen LogP contribution in [-0.2, 0) is 0 Å². The Balaban J connectivity index is 1.55. The maximum absolute atomic E-state index is 13.1. The molecule has 0 aromatic carbocycles. The van der Waals surface area contributed by atoms with Gasteiger partial charge in [0.25, 0.3) is 0 Å². The van der Waals surface area contributed by atoms with Crippen LogP contribution in [0, 0.1) is 11.3 Å². The topological polar surface area (TPSA) is 9.72 Å². The first-order valence-electron chi connectivity index (χ1n) is 7.72. The molecular formula is C13H20B3F2N3. The zero-order valence-electron chi connectivity index (χ0n) is 12.3. The number of halogens is 2. The molecular weight excluding hydrogens is 269 g/mol. The minimum Gasteiger partial charge on any atom is -0.319 e. The normalized spacial score (nSPS) is 28.7. The lowest BCUT2D eigenvalue weighted by atomic mass is 9.46. The van der Waals surface area contributed by atoms with Gasteiger partial charge < -0.3 is 4.90 Å². The molecule has 0 aromatic heterocycles. The lowest BCUT2D eigenvalue weighted by Gasteiger charge is -2.61. The molecule has 21 heavy (non-hydrogen) atoms. The van der Waals surface area contributed by atoms with Gasteiger partial charge in [-0.3, -0.25) is 0 Å². The molecule has 0 aromatic rings. The summed E-state index contributed by atoms with van der Waals surface area (Å²) in [5, 5.41) is 0.334. The maximum atomic E-state index is 13.1. The van der Waals surface area contributed by atoms with Crippen molar-refractivity contribution in [2.45, 2.75) is 37.0 Å². The average molecular weight is 289 g/mol. The molecule has 1 saturated carbocycles. The molecule has 3 rings (SSSR count). The fraction of sp³-hybridized carbons (Fsp3) is 1.00. The Morgan fingerprint density at radius 3 is 2.10 bits per heavy atom. The van der Waals surface area contributed by atoms with Crippen molar-refractivity contribution in [2.24, 2.45) is 11.3 Å². The summed E-state index contributed by atoms with van der Waals surface area (Å²) < 4.78 is 26.0. The highest BCUT2D eigenvalue weighted by Crippen LogP contribution is 2.51. The van der Waals surface area contributed by atoms with Gasteiger partial charge in [-0.2, -0.15) is 0 Å². The molecule has 0 N–H and O–H groups in total. The highest BCUT2D eigenvalue weighted by atomic mass is 19.2. The molecule has 1 aliphatic carbocycles. The van der Waals surface area contributed by atoms with E-state index < -0.39 is 5.24 Å². The predicted molar refractivity (Wildman–Crippen MR) is 80.2 cm³/mol. The standard InChI is InChI=1S/C13H20B3F2N3/c14-13(15,16)21(7-10-1-3-19(17)4-2-10)11-5-12(6-11)8-20(18)9-12/h10-11H,1-9H2. The van der Waals surface area contributed by atoms with Gasteiger partial charge in [0.15, 0.2) is 0 Å². The molecule has 0 bridgehead atoms. The number of nitrogens with zero attached hydrogens (tertiary/aromatic N) is 3. The average Bonchev–Trinajstić information content (AvgIpc) is 2.30. The monoisotopic (exact) mass is 289 g/mol. The van der Waals surface area contributed by atoms with Crippen LogP contribution in [0.1, 0.15) is 25.7 Å². The summed E-state index contributed by atoms with van der Waals surface area (Å²) in [4.78, 5) is 1.94. The minimum absolute atomic E-state index is 0.102. The molecule has 0 amide bonds. The second-order valence-electron chi connectivity index (χ2n) is 7.23. The lowest BCUT2D eigenvalue weighted by molar-refractivity contribution is -0.190. The summed E-state index contributed by atoms with van der Waals surface area (Å²) in [5.41, 5.74) is 0.102. The summed E-state index contributed by atoms with van der Waals surface area (Å²) in [6, 6.07) is 0.210. The Bertz CT molecular complexity index is 371. The van der Waals surface area contributed by atoms with Crippen LogP contribution in [0.4, 0.5) is 8.96 Å². The Morgan fingerprint density at radius 2 is 1.62 bits per heavy atom. The highest BCUT2D eigenvalue weighted by Gasteiger charge is 2.55. The molecule has 3 fully saturated rings. The Labute approximate surface area is 129 Å². The van der Waals surface area contributed by atoms with E-state index in [1.54, 1.807) is 0 Å². The number of piperidine rings is 1. The van der Waals surface area contributed by atoms with E-state index >= 15 is 0 Å². The molecule has 6 radical (unpaired) electrons. The third-order valence-corrected chi connectivity index (χ3v) is 5.30. The molecule has 2 aliphatic heterocycles. The first kappa shape index (κ1) is 15.8. The quantitative estimate of drug-likeness (QED) is 0.546. The summed E-state index contributed by atoms with van der Waals surface area (Å²) >= 11 is 0. The predicted octanol–water partition coefficient (Wildman–Crippen LogP) is 0.351. The molecule has 2 saturated heterocycles. The van der Waals surface area contributed by atoms with Crippen LogP contribution < -0.4 is 0 Å². The van der Waals surface area contributed by atoms with E-state index in [0.717, 1.165) is 35.9 Å². The van der Waals surface area contributed by atoms with Crippen LogP contribution in [-0.4, -0.2) is 82.7 Å². The van der Waals surface area contributed by atoms with Gasteiger partial charge in [0, 0.05) is 37.6 Å². The number of hydrogen-bond donors (Lipinski definition) is 0. The van der Waals surface area contributed by atoms with E-state index in [2.05, 4.69) is 0 Å². The first-order chi connectivity index (χ1) is 9.77. The van der Waals surface area contributed by atoms with Crippen molar-refractivity contribution in [2.75, 3.05) is 32.7 Å². The molecule has 110 valence electrons. The Kier molecular flexibility index (Phi) is 4.17. The third-order valence-electron chi connectivity index (χ3n) is 5.30. The maximum Gasteiger partial charge on any atom is 0.0698 e. The van der Waals surface area contributed by atoms with Crippen LogP contribution in [0.2, 0.25) is 0 Å². The van der Waals surface area contributed by atoms with E-state index in [1.165, 1.54) is 0 Å². The van der Waals surface area contributed by atoms with Crippen LogP contribution in [0.25, 0.3) is 0 Å². The lowest BCUT2D eigenvalue weighted by Crippen LogP contribution is -2.68. The largest absolute Gasteiger partial charge is 0.319 e. The summed E-state index contributed by atoms with van der Waals surface area (Å²) in [6.45, 7) is 2.61. The van der Waals surface area contributed by atoms with Crippen LogP contribution in [0.15, 0.2) is 0 Å². The molecule has 3 nitrogen and oxygen atoms in total. The van der Waals surface area contributed by atoms with Gasteiger partial charge in [-0.25, -0.2) is 0 Å².